The normalized spacial score (nSPS) is 23.5. The number of amides is 3. The minimum atomic E-state index is -0.113. The molecule has 2 aromatic rings. The SMILES string of the molecule is NCCOc1cccc([C@H](c2ccccc2)C2CCN(C(=O)N3CC[C@@H]4OCC(=O)N[C@@H]4C3)CC2)c1. The molecular formula is C28H36N4O4. The highest BCUT2D eigenvalue weighted by Crippen LogP contribution is 2.39. The second-order valence-electron chi connectivity index (χ2n) is 9.96. The monoisotopic (exact) mass is 492 g/mol. The van der Waals surface area contributed by atoms with Gasteiger partial charge in [-0.3, -0.25) is 4.79 Å². The van der Waals surface area contributed by atoms with Crippen LogP contribution in [0.15, 0.2) is 54.6 Å². The maximum absolute atomic E-state index is 13.3. The van der Waals surface area contributed by atoms with Gasteiger partial charge in [-0.25, -0.2) is 4.79 Å². The van der Waals surface area contributed by atoms with Crippen LogP contribution in [0.2, 0.25) is 0 Å². The minimum absolute atomic E-state index is 0.00807. The summed E-state index contributed by atoms with van der Waals surface area (Å²) >= 11 is 0. The van der Waals surface area contributed by atoms with Crippen molar-refractivity contribution >= 4 is 11.9 Å². The Kier molecular flexibility index (Phi) is 7.72. The number of fused-ring (bicyclic) bond motifs is 1. The molecule has 0 aliphatic carbocycles. The van der Waals surface area contributed by atoms with Crippen LogP contribution in [0.5, 0.6) is 5.75 Å². The van der Waals surface area contributed by atoms with Crippen molar-refractivity contribution in [2.24, 2.45) is 11.7 Å². The van der Waals surface area contributed by atoms with Gasteiger partial charge in [0, 0.05) is 38.6 Å². The predicted molar refractivity (Wildman–Crippen MR) is 137 cm³/mol. The lowest BCUT2D eigenvalue weighted by atomic mass is 9.76. The first-order valence-electron chi connectivity index (χ1n) is 13.0. The number of nitrogens with two attached hydrogens (primary N) is 1. The molecule has 0 radical (unpaired) electrons. The Labute approximate surface area is 212 Å². The van der Waals surface area contributed by atoms with E-state index in [1.165, 1.54) is 11.1 Å². The number of piperidine rings is 2. The van der Waals surface area contributed by atoms with E-state index in [9.17, 15) is 9.59 Å². The topological polar surface area (TPSA) is 97.1 Å². The third-order valence-corrected chi connectivity index (χ3v) is 7.64. The van der Waals surface area contributed by atoms with Gasteiger partial charge in [-0.05, 0) is 48.4 Å². The van der Waals surface area contributed by atoms with Crippen molar-refractivity contribution in [3.05, 3.63) is 65.7 Å². The molecule has 3 amide bonds. The summed E-state index contributed by atoms with van der Waals surface area (Å²) in [6.45, 7) is 3.72. The molecule has 3 aliphatic rings. The number of ether oxygens (including phenoxy) is 2. The van der Waals surface area contributed by atoms with E-state index in [-0.39, 0.29) is 36.6 Å². The highest BCUT2D eigenvalue weighted by atomic mass is 16.5. The molecule has 0 unspecified atom stereocenters. The summed E-state index contributed by atoms with van der Waals surface area (Å²) < 4.78 is 11.5. The van der Waals surface area contributed by atoms with Gasteiger partial charge in [0.25, 0.3) is 0 Å². The van der Waals surface area contributed by atoms with Crippen molar-refractivity contribution in [1.82, 2.24) is 15.1 Å². The van der Waals surface area contributed by atoms with Crippen LogP contribution in [0.4, 0.5) is 4.79 Å². The summed E-state index contributed by atoms with van der Waals surface area (Å²) in [7, 11) is 0. The molecular weight excluding hydrogens is 456 g/mol. The highest BCUT2D eigenvalue weighted by molar-refractivity contribution is 5.79. The lowest BCUT2D eigenvalue weighted by Crippen LogP contribution is -2.62. The average molecular weight is 493 g/mol. The number of hydrogen-bond acceptors (Lipinski definition) is 5. The summed E-state index contributed by atoms with van der Waals surface area (Å²) in [6.07, 6.45) is 2.62. The van der Waals surface area contributed by atoms with Crippen LogP contribution in [0.25, 0.3) is 0 Å². The minimum Gasteiger partial charge on any atom is -0.492 e. The van der Waals surface area contributed by atoms with Crippen LogP contribution in [0.3, 0.4) is 0 Å². The van der Waals surface area contributed by atoms with E-state index < -0.39 is 0 Å². The van der Waals surface area contributed by atoms with E-state index in [1.54, 1.807) is 0 Å². The van der Waals surface area contributed by atoms with E-state index in [1.807, 2.05) is 28.0 Å². The fraction of sp³-hybridized carbons (Fsp3) is 0.500. The van der Waals surface area contributed by atoms with E-state index in [2.05, 4.69) is 41.7 Å². The second kappa shape index (κ2) is 11.3. The van der Waals surface area contributed by atoms with Gasteiger partial charge in [-0.2, -0.15) is 0 Å². The van der Waals surface area contributed by atoms with Crippen LogP contribution in [-0.4, -0.2) is 79.8 Å². The van der Waals surface area contributed by atoms with Crippen molar-refractivity contribution in [2.75, 3.05) is 45.9 Å². The fourth-order valence-electron chi connectivity index (χ4n) is 5.87. The smallest absolute Gasteiger partial charge is 0.320 e. The summed E-state index contributed by atoms with van der Waals surface area (Å²) in [4.78, 5) is 28.9. The molecule has 3 atom stereocenters. The maximum Gasteiger partial charge on any atom is 0.320 e. The van der Waals surface area contributed by atoms with Crippen molar-refractivity contribution in [3.63, 3.8) is 0 Å². The lowest BCUT2D eigenvalue weighted by Gasteiger charge is -2.44. The third kappa shape index (κ3) is 5.50. The van der Waals surface area contributed by atoms with Gasteiger partial charge in [0.05, 0.1) is 12.1 Å². The Morgan fingerprint density at radius 3 is 2.56 bits per heavy atom. The average Bonchev–Trinajstić information content (AvgIpc) is 2.92. The number of rotatable bonds is 6. The van der Waals surface area contributed by atoms with Gasteiger partial charge >= 0.3 is 6.03 Å². The Balaban J connectivity index is 1.26. The molecule has 2 aromatic carbocycles. The van der Waals surface area contributed by atoms with Gasteiger partial charge in [0.15, 0.2) is 0 Å². The number of morpholine rings is 1. The number of urea groups is 1. The number of hydrogen-bond donors (Lipinski definition) is 2. The van der Waals surface area contributed by atoms with Crippen LogP contribution in [-0.2, 0) is 9.53 Å². The molecule has 192 valence electrons. The quantitative estimate of drug-likeness (QED) is 0.646. The van der Waals surface area contributed by atoms with Crippen molar-refractivity contribution in [3.8, 4) is 5.75 Å². The highest BCUT2D eigenvalue weighted by Gasteiger charge is 2.38. The molecule has 0 aromatic heterocycles. The number of likely N-dealkylation sites (tertiary alicyclic amines) is 2. The van der Waals surface area contributed by atoms with Gasteiger partial charge in [-0.15, -0.1) is 0 Å². The first-order chi connectivity index (χ1) is 17.6. The van der Waals surface area contributed by atoms with E-state index in [0.717, 1.165) is 38.1 Å². The standard InChI is InChI=1S/C28H36N4O4/c29-12-16-35-23-8-4-7-22(17-23)27(20-5-2-1-3-6-20)21-9-13-31(14-10-21)28(34)32-15-11-25-24(18-32)30-26(33)19-36-25/h1-8,17,21,24-25,27H,9-16,18-19,29H2,(H,30,33)/t24-,25+,27-/m1/s1. The van der Waals surface area contributed by atoms with Gasteiger partial charge in [0.1, 0.15) is 19.0 Å². The molecule has 3 N–H and O–H groups in total. The third-order valence-electron chi connectivity index (χ3n) is 7.64. The molecule has 3 saturated heterocycles. The van der Waals surface area contributed by atoms with Crippen LogP contribution in [0.1, 0.15) is 36.3 Å². The number of benzene rings is 2. The van der Waals surface area contributed by atoms with E-state index in [0.29, 0.717) is 32.2 Å². The first-order valence-corrected chi connectivity index (χ1v) is 13.0. The molecule has 3 fully saturated rings. The fourth-order valence-corrected chi connectivity index (χ4v) is 5.87. The molecule has 36 heavy (non-hydrogen) atoms. The van der Waals surface area contributed by atoms with E-state index >= 15 is 0 Å². The zero-order valence-electron chi connectivity index (χ0n) is 20.7. The summed E-state index contributed by atoms with van der Waals surface area (Å²) in [5.41, 5.74) is 8.14. The zero-order valence-corrected chi connectivity index (χ0v) is 20.7. The summed E-state index contributed by atoms with van der Waals surface area (Å²) in [5, 5.41) is 2.99. The van der Waals surface area contributed by atoms with Gasteiger partial charge in [-0.1, -0.05) is 42.5 Å². The summed E-state index contributed by atoms with van der Waals surface area (Å²) in [6, 6.07) is 18.9. The molecule has 0 saturated carbocycles. The second-order valence-corrected chi connectivity index (χ2v) is 9.96. The van der Waals surface area contributed by atoms with Crippen molar-refractivity contribution < 1.29 is 19.1 Å². The number of carbonyl (C=O) groups is 2. The Morgan fingerprint density at radius 2 is 1.78 bits per heavy atom. The molecule has 0 spiro atoms. The van der Waals surface area contributed by atoms with Crippen LogP contribution in [0, 0.1) is 5.92 Å². The Bertz CT molecular complexity index is 1040. The van der Waals surface area contributed by atoms with Crippen molar-refractivity contribution in [2.45, 2.75) is 37.3 Å². The molecule has 5 rings (SSSR count). The molecule has 3 heterocycles. The number of nitrogens with one attached hydrogen (secondary N) is 1. The zero-order chi connectivity index (χ0) is 24.9. The predicted octanol–water partition coefficient (Wildman–Crippen LogP) is 2.58. The maximum atomic E-state index is 13.3. The Hall–Kier alpha value is -3.10. The molecule has 8 heteroatoms. The number of carbonyl (C=O) groups excluding carboxylic acids is 2. The molecule has 0 bridgehead atoms. The lowest BCUT2D eigenvalue weighted by molar-refractivity contribution is -0.139. The van der Waals surface area contributed by atoms with E-state index in [4.69, 9.17) is 15.2 Å². The van der Waals surface area contributed by atoms with Crippen LogP contribution >= 0.6 is 0 Å². The molecule has 8 nitrogen and oxygen atoms in total. The first kappa shape index (κ1) is 24.6. The Morgan fingerprint density at radius 1 is 1.03 bits per heavy atom. The van der Waals surface area contributed by atoms with Crippen molar-refractivity contribution in [1.29, 1.82) is 0 Å². The number of nitrogens with zero attached hydrogens (tertiary/aromatic N) is 2. The molecule has 3 aliphatic heterocycles. The van der Waals surface area contributed by atoms with Gasteiger partial charge < -0.3 is 30.3 Å². The summed E-state index contributed by atoms with van der Waals surface area (Å²) in [5.74, 6) is 1.39. The largest absolute Gasteiger partial charge is 0.492 e. The van der Waals surface area contributed by atoms with Gasteiger partial charge in [0.2, 0.25) is 5.91 Å². The van der Waals surface area contributed by atoms with Crippen LogP contribution < -0.4 is 15.8 Å².